The molecule has 0 bridgehead atoms. The maximum absolute atomic E-state index is 12.9. The minimum atomic E-state index is -0.489. The standard InChI is InChI=1S/C10H13ClFNO2/c11-9-2-1-8(7-10(9)12)15-6-5-14-4-3-13/h1-2,7H,3-6,13H2. The lowest BCUT2D eigenvalue weighted by Crippen LogP contribution is -2.13. The molecule has 2 N–H and O–H groups in total. The summed E-state index contributed by atoms with van der Waals surface area (Å²) in [6.45, 7) is 1.77. The average Bonchev–Trinajstić information content (AvgIpc) is 2.23. The van der Waals surface area contributed by atoms with Crippen LogP contribution in [0.25, 0.3) is 0 Å². The number of benzene rings is 1. The first-order valence-electron chi connectivity index (χ1n) is 4.59. The van der Waals surface area contributed by atoms with Crippen LogP contribution in [0.4, 0.5) is 4.39 Å². The molecule has 0 aliphatic carbocycles. The molecule has 0 aliphatic rings. The first kappa shape index (κ1) is 12.2. The predicted octanol–water partition coefficient (Wildman–Crippen LogP) is 1.83. The quantitative estimate of drug-likeness (QED) is 0.763. The van der Waals surface area contributed by atoms with E-state index in [0.717, 1.165) is 0 Å². The second-order valence-electron chi connectivity index (χ2n) is 2.83. The maximum atomic E-state index is 12.9. The summed E-state index contributed by atoms with van der Waals surface area (Å²) in [5.41, 5.74) is 5.23. The Labute approximate surface area is 92.9 Å². The van der Waals surface area contributed by atoms with E-state index in [2.05, 4.69) is 0 Å². The molecule has 0 aliphatic heterocycles. The summed E-state index contributed by atoms with van der Waals surface area (Å²) in [6, 6.07) is 4.30. The predicted molar refractivity (Wildman–Crippen MR) is 56.8 cm³/mol. The van der Waals surface area contributed by atoms with Gasteiger partial charge < -0.3 is 15.2 Å². The Morgan fingerprint density at radius 1 is 1.27 bits per heavy atom. The summed E-state index contributed by atoms with van der Waals surface area (Å²) in [5, 5.41) is 0.0849. The summed E-state index contributed by atoms with van der Waals surface area (Å²) in [6.07, 6.45) is 0. The van der Waals surface area contributed by atoms with Crippen LogP contribution >= 0.6 is 11.6 Å². The molecule has 0 radical (unpaired) electrons. The lowest BCUT2D eigenvalue weighted by atomic mass is 10.3. The Morgan fingerprint density at radius 3 is 2.73 bits per heavy atom. The molecule has 1 aromatic carbocycles. The molecule has 0 spiro atoms. The lowest BCUT2D eigenvalue weighted by Gasteiger charge is -2.06. The Balaban J connectivity index is 2.28. The van der Waals surface area contributed by atoms with Crippen LogP contribution in [0.5, 0.6) is 5.75 Å². The van der Waals surface area contributed by atoms with Crippen LogP contribution in [0.1, 0.15) is 0 Å². The van der Waals surface area contributed by atoms with Gasteiger partial charge in [-0.15, -0.1) is 0 Å². The second-order valence-corrected chi connectivity index (χ2v) is 3.23. The van der Waals surface area contributed by atoms with Crippen molar-refractivity contribution in [1.82, 2.24) is 0 Å². The molecule has 0 heterocycles. The zero-order valence-corrected chi connectivity index (χ0v) is 8.97. The van der Waals surface area contributed by atoms with Gasteiger partial charge in [0.05, 0.1) is 18.2 Å². The summed E-state index contributed by atoms with van der Waals surface area (Å²) in [5.74, 6) is -0.0507. The number of ether oxygens (including phenoxy) is 2. The summed E-state index contributed by atoms with van der Waals surface area (Å²) in [4.78, 5) is 0. The van der Waals surface area contributed by atoms with Crippen molar-refractivity contribution in [2.24, 2.45) is 5.73 Å². The van der Waals surface area contributed by atoms with Crippen molar-refractivity contribution in [1.29, 1.82) is 0 Å². The topological polar surface area (TPSA) is 44.5 Å². The van der Waals surface area contributed by atoms with E-state index in [1.54, 1.807) is 6.07 Å². The van der Waals surface area contributed by atoms with Gasteiger partial charge in [-0.25, -0.2) is 4.39 Å². The van der Waals surface area contributed by atoms with Gasteiger partial charge in [-0.2, -0.15) is 0 Å². The zero-order chi connectivity index (χ0) is 11.1. The van der Waals surface area contributed by atoms with Crippen molar-refractivity contribution in [3.63, 3.8) is 0 Å². The van der Waals surface area contributed by atoms with Gasteiger partial charge in [0.1, 0.15) is 18.2 Å². The molecule has 1 aromatic rings. The first-order valence-corrected chi connectivity index (χ1v) is 4.97. The van der Waals surface area contributed by atoms with Crippen molar-refractivity contribution in [2.45, 2.75) is 0 Å². The van der Waals surface area contributed by atoms with Crippen LogP contribution in [0.3, 0.4) is 0 Å². The molecule has 0 unspecified atom stereocenters. The minimum absolute atomic E-state index is 0.0849. The van der Waals surface area contributed by atoms with E-state index in [1.165, 1.54) is 12.1 Å². The highest BCUT2D eigenvalue weighted by atomic mass is 35.5. The van der Waals surface area contributed by atoms with Gasteiger partial charge >= 0.3 is 0 Å². The van der Waals surface area contributed by atoms with E-state index >= 15 is 0 Å². The number of halogens is 2. The average molecular weight is 234 g/mol. The maximum Gasteiger partial charge on any atom is 0.145 e. The first-order chi connectivity index (χ1) is 7.24. The largest absolute Gasteiger partial charge is 0.491 e. The summed E-state index contributed by atoms with van der Waals surface area (Å²) in [7, 11) is 0. The number of rotatable bonds is 6. The molecule has 15 heavy (non-hydrogen) atoms. The molecular formula is C10H13ClFNO2. The van der Waals surface area contributed by atoms with Gasteiger partial charge in [-0.3, -0.25) is 0 Å². The smallest absolute Gasteiger partial charge is 0.145 e. The van der Waals surface area contributed by atoms with Gasteiger partial charge in [-0.1, -0.05) is 11.6 Å². The fraction of sp³-hybridized carbons (Fsp3) is 0.400. The van der Waals surface area contributed by atoms with Crippen LogP contribution in [0, 0.1) is 5.82 Å². The molecule has 5 heteroatoms. The van der Waals surface area contributed by atoms with Crippen molar-refractivity contribution in [3.05, 3.63) is 29.0 Å². The van der Waals surface area contributed by atoms with Crippen LogP contribution < -0.4 is 10.5 Å². The molecule has 0 saturated carbocycles. The summed E-state index contributed by atoms with van der Waals surface area (Å²) >= 11 is 5.51. The van der Waals surface area contributed by atoms with Crippen molar-refractivity contribution in [2.75, 3.05) is 26.4 Å². The van der Waals surface area contributed by atoms with Gasteiger partial charge in [-0.05, 0) is 12.1 Å². The van der Waals surface area contributed by atoms with E-state index in [-0.39, 0.29) is 5.02 Å². The molecule has 0 aromatic heterocycles. The highest BCUT2D eigenvalue weighted by molar-refractivity contribution is 6.30. The van der Waals surface area contributed by atoms with Gasteiger partial charge in [0, 0.05) is 12.6 Å². The third-order valence-electron chi connectivity index (χ3n) is 1.65. The number of hydrogen-bond acceptors (Lipinski definition) is 3. The normalized spacial score (nSPS) is 10.3. The molecule has 0 saturated heterocycles. The Morgan fingerprint density at radius 2 is 2.07 bits per heavy atom. The van der Waals surface area contributed by atoms with Gasteiger partial charge in [0.2, 0.25) is 0 Å². The van der Waals surface area contributed by atoms with Crippen molar-refractivity contribution >= 4 is 11.6 Å². The minimum Gasteiger partial charge on any atom is -0.491 e. The molecule has 3 nitrogen and oxygen atoms in total. The Kier molecular flexibility index (Phi) is 5.39. The fourth-order valence-corrected chi connectivity index (χ4v) is 1.09. The van der Waals surface area contributed by atoms with E-state index in [1.807, 2.05) is 0 Å². The molecule has 0 atom stereocenters. The van der Waals surface area contributed by atoms with Crippen molar-refractivity contribution in [3.8, 4) is 5.75 Å². The fourth-order valence-electron chi connectivity index (χ4n) is 0.970. The second kappa shape index (κ2) is 6.61. The van der Waals surface area contributed by atoms with Crippen LogP contribution in [0.15, 0.2) is 18.2 Å². The van der Waals surface area contributed by atoms with E-state index < -0.39 is 5.82 Å². The number of hydrogen-bond donors (Lipinski definition) is 1. The van der Waals surface area contributed by atoms with Crippen LogP contribution in [-0.2, 0) is 4.74 Å². The molecular weight excluding hydrogens is 221 g/mol. The Bertz CT molecular complexity index is 309. The van der Waals surface area contributed by atoms with Gasteiger partial charge in [0.15, 0.2) is 0 Å². The SMILES string of the molecule is NCCOCCOc1ccc(Cl)c(F)c1. The molecule has 1 rings (SSSR count). The van der Waals surface area contributed by atoms with Crippen LogP contribution in [-0.4, -0.2) is 26.4 Å². The highest BCUT2D eigenvalue weighted by Crippen LogP contribution is 2.20. The molecule has 84 valence electrons. The Hall–Kier alpha value is -0.840. The highest BCUT2D eigenvalue weighted by Gasteiger charge is 2.01. The van der Waals surface area contributed by atoms with Crippen LogP contribution in [0.2, 0.25) is 5.02 Å². The summed E-state index contributed by atoms with van der Waals surface area (Å²) < 4.78 is 23.3. The van der Waals surface area contributed by atoms with E-state index in [9.17, 15) is 4.39 Å². The third-order valence-corrected chi connectivity index (χ3v) is 1.96. The monoisotopic (exact) mass is 233 g/mol. The zero-order valence-electron chi connectivity index (χ0n) is 8.21. The van der Waals surface area contributed by atoms with E-state index in [4.69, 9.17) is 26.8 Å². The van der Waals surface area contributed by atoms with E-state index in [0.29, 0.717) is 32.1 Å². The molecule has 0 fully saturated rings. The van der Waals surface area contributed by atoms with Crippen molar-refractivity contribution < 1.29 is 13.9 Å². The third kappa shape index (κ3) is 4.46. The molecule has 0 amide bonds. The van der Waals surface area contributed by atoms with Gasteiger partial charge in [0.25, 0.3) is 0 Å². The lowest BCUT2D eigenvalue weighted by molar-refractivity contribution is 0.106. The number of nitrogens with two attached hydrogens (primary N) is 1.